The van der Waals surface area contributed by atoms with Crippen LogP contribution in [0.3, 0.4) is 0 Å². The smallest absolute Gasteiger partial charge is 0.225 e. The zero-order valence-electron chi connectivity index (χ0n) is 11.4. The van der Waals surface area contributed by atoms with E-state index in [9.17, 15) is 5.11 Å². The van der Waals surface area contributed by atoms with Crippen LogP contribution < -0.4 is 4.90 Å². The fraction of sp³-hybridized carbons (Fsp3) is 0.692. The van der Waals surface area contributed by atoms with Gasteiger partial charge >= 0.3 is 0 Å². The SMILES string of the molecule is CN(C)c1nccc(CN2CCC(C)(O)CC2)n1. The van der Waals surface area contributed by atoms with Crippen molar-refractivity contribution in [2.24, 2.45) is 0 Å². The molecule has 1 aliphatic heterocycles. The Morgan fingerprint density at radius 1 is 1.39 bits per heavy atom. The Labute approximate surface area is 108 Å². The zero-order chi connectivity index (χ0) is 13.2. The lowest BCUT2D eigenvalue weighted by molar-refractivity contribution is -0.00757. The van der Waals surface area contributed by atoms with Crippen LogP contribution >= 0.6 is 0 Å². The number of rotatable bonds is 3. The molecule has 0 amide bonds. The Morgan fingerprint density at radius 3 is 2.67 bits per heavy atom. The van der Waals surface area contributed by atoms with Crippen molar-refractivity contribution in [2.45, 2.75) is 31.9 Å². The minimum absolute atomic E-state index is 0.489. The minimum Gasteiger partial charge on any atom is -0.390 e. The van der Waals surface area contributed by atoms with Gasteiger partial charge in [-0.05, 0) is 25.8 Å². The van der Waals surface area contributed by atoms with E-state index in [1.165, 1.54) is 0 Å². The van der Waals surface area contributed by atoms with Crippen LogP contribution in [0.1, 0.15) is 25.5 Å². The molecular formula is C13H22N4O. The molecule has 0 radical (unpaired) electrons. The molecule has 1 aromatic rings. The standard InChI is InChI=1S/C13H22N4O/c1-13(18)5-8-17(9-6-13)10-11-4-7-14-12(15-11)16(2)3/h4,7,18H,5-6,8-10H2,1-3H3. The number of hydrogen-bond donors (Lipinski definition) is 1. The van der Waals surface area contributed by atoms with E-state index in [4.69, 9.17) is 0 Å². The summed E-state index contributed by atoms with van der Waals surface area (Å²) in [5, 5.41) is 9.92. The average Bonchev–Trinajstić information content (AvgIpc) is 2.32. The molecule has 5 nitrogen and oxygen atoms in total. The molecule has 0 saturated carbocycles. The summed E-state index contributed by atoms with van der Waals surface area (Å²) in [5.41, 5.74) is 0.548. The highest BCUT2D eigenvalue weighted by atomic mass is 16.3. The number of piperidine rings is 1. The highest BCUT2D eigenvalue weighted by Crippen LogP contribution is 2.22. The van der Waals surface area contributed by atoms with Crippen LogP contribution in [0.4, 0.5) is 5.95 Å². The molecule has 1 aliphatic rings. The molecule has 1 aromatic heterocycles. The Bertz CT molecular complexity index is 396. The second kappa shape index (κ2) is 5.20. The third kappa shape index (κ3) is 3.40. The van der Waals surface area contributed by atoms with E-state index >= 15 is 0 Å². The summed E-state index contributed by atoms with van der Waals surface area (Å²) in [6.07, 6.45) is 3.47. The highest BCUT2D eigenvalue weighted by Gasteiger charge is 2.27. The molecule has 0 bridgehead atoms. The summed E-state index contributed by atoms with van der Waals surface area (Å²) in [6.45, 7) is 4.60. The Balaban J connectivity index is 1.96. The lowest BCUT2D eigenvalue weighted by atomic mass is 9.94. The van der Waals surface area contributed by atoms with Gasteiger partial charge in [0, 0.05) is 39.9 Å². The van der Waals surface area contributed by atoms with Gasteiger partial charge in [-0.3, -0.25) is 4.90 Å². The number of hydrogen-bond acceptors (Lipinski definition) is 5. The molecule has 5 heteroatoms. The van der Waals surface area contributed by atoms with Crippen molar-refractivity contribution in [3.63, 3.8) is 0 Å². The van der Waals surface area contributed by atoms with Gasteiger partial charge in [0.25, 0.3) is 0 Å². The number of anilines is 1. The van der Waals surface area contributed by atoms with Crippen LogP contribution in [0.15, 0.2) is 12.3 Å². The quantitative estimate of drug-likeness (QED) is 0.863. The molecule has 18 heavy (non-hydrogen) atoms. The van der Waals surface area contributed by atoms with Crippen molar-refractivity contribution < 1.29 is 5.11 Å². The number of aliphatic hydroxyl groups is 1. The van der Waals surface area contributed by atoms with Crippen molar-refractivity contribution in [2.75, 3.05) is 32.1 Å². The topological polar surface area (TPSA) is 52.5 Å². The molecule has 0 spiro atoms. The second-order valence-corrected chi connectivity index (χ2v) is 5.52. The fourth-order valence-electron chi connectivity index (χ4n) is 2.11. The monoisotopic (exact) mass is 250 g/mol. The van der Waals surface area contributed by atoms with Gasteiger partial charge in [-0.15, -0.1) is 0 Å². The maximum absolute atomic E-state index is 9.92. The van der Waals surface area contributed by atoms with Gasteiger partial charge in [0.2, 0.25) is 5.95 Å². The molecule has 1 saturated heterocycles. The van der Waals surface area contributed by atoms with Gasteiger partial charge in [0.05, 0.1) is 11.3 Å². The molecule has 0 aromatic carbocycles. The van der Waals surface area contributed by atoms with E-state index in [2.05, 4.69) is 14.9 Å². The largest absolute Gasteiger partial charge is 0.390 e. The predicted molar refractivity (Wildman–Crippen MR) is 71.5 cm³/mol. The summed E-state index contributed by atoms with van der Waals surface area (Å²) in [6, 6.07) is 1.96. The number of likely N-dealkylation sites (tertiary alicyclic amines) is 1. The Morgan fingerprint density at radius 2 is 2.06 bits per heavy atom. The lowest BCUT2D eigenvalue weighted by Crippen LogP contribution is -2.42. The number of aromatic nitrogens is 2. The third-order valence-corrected chi connectivity index (χ3v) is 3.42. The molecule has 1 N–H and O–H groups in total. The van der Waals surface area contributed by atoms with Crippen molar-refractivity contribution in [1.82, 2.24) is 14.9 Å². The summed E-state index contributed by atoms with van der Waals surface area (Å²) >= 11 is 0. The van der Waals surface area contributed by atoms with E-state index < -0.39 is 5.60 Å². The van der Waals surface area contributed by atoms with Crippen LogP contribution in [0.5, 0.6) is 0 Å². The van der Waals surface area contributed by atoms with E-state index in [0.29, 0.717) is 0 Å². The van der Waals surface area contributed by atoms with Crippen LogP contribution in [-0.4, -0.2) is 52.8 Å². The van der Waals surface area contributed by atoms with Crippen LogP contribution in [0, 0.1) is 0 Å². The van der Waals surface area contributed by atoms with E-state index in [0.717, 1.165) is 44.1 Å². The van der Waals surface area contributed by atoms with Gasteiger partial charge < -0.3 is 10.0 Å². The normalized spacial score (nSPS) is 19.8. The van der Waals surface area contributed by atoms with Crippen molar-refractivity contribution >= 4 is 5.95 Å². The van der Waals surface area contributed by atoms with Gasteiger partial charge in [-0.1, -0.05) is 0 Å². The van der Waals surface area contributed by atoms with Gasteiger partial charge in [0.1, 0.15) is 0 Å². The summed E-state index contributed by atoms with van der Waals surface area (Å²) < 4.78 is 0. The van der Waals surface area contributed by atoms with E-state index in [1.807, 2.05) is 32.0 Å². The average molecular weight is 250 g/mol. The maximum Gasteiger partial charge on any atom is 0.225 e. The first-order valence-corrected chi connectivity index (χ1v) is 6.40. The molecule has 0 atom stereocenters. The predicted octanol–water partition coefficient (Wildman–Crippen LogP) is 0.889. The molecule has 0 unspecified atom stereocenters. The van der Waals surface area contributed by atoms with E-state index in [-0.39, 0.29) is 0 Å². The maximum atomic E-state index is 9.92. The molecule has 1 fully saturated rings. The second-order valence-electron chi connectivity index (χ2n) is 5.52. The fourth-order valence-corrected chi connectivity index (χ4v) is 2.11. The first kappa shape index (κ1) is 13.2. The highest BCUT2D eigenvalue weighted by molar-refractivity contribution is 5.27. The third-order valence-electron chi connectivity index (χ3n) is 3.42. The van der Waals surface area contributed by atoms with Gasteiger partial charge in [0.15, 0.2) is 0 Å². The zero-order valence-corrected chi connectivity index (χ0v) is 11.4. The Hall–Kier alpha value is -1.20. The number of nitrogens with zero attached hydrogens (tertiary/aromatic N) is 4. The summed E-state index contributed by atoms with van der Waals surface area (Å²) in [4.78, 5) is 13.0. The van der Waals surface area contributed by atoms with Crippen molar-refractivity contribution in [1.29, 1.82) is 0 Å². The van der Waals surface area contributed by atoms with Crippen molar-refractivity contribution in [3.05, 3.63) is 18.0 Å². The first-order chi connectivity index (χ1) is 8.46. The van der Waals surface area contributed by atoms with E-state index in [1.54, 1.807) is 6.20 Å². The van der Waals surface area contributed by atoms with Crippen LogP contribution in [0.2, 0.25) is 0 Å². The molecule has 2 heterocycles. The van der Waals surface area contributed by atoms with Crippen LogP contribution in [0.25, 0.3) is 0 Å². The van der Waals surface area contributed by atoms with Gasteiger partial charge in [-0.25, -0.2) is 9.97 Å². The first-order valence-electron chi connectivity index (χ1n) is 6.40. The molecule has 100 valence electrons. The summed E-state index contributed by atoms with van der Waals surface area (Å²) in [7, 11) is 3.88. The summed E-state index contributed by atoms with van der Waals surface area (Å²) in [5.74, 6) is 0.747. The van der Waals surface area contributed by atoms with Crippen molar-refractivity contribution in [3.8, 4) is 0 Å². The van der Waals surface area contributed by atoms with Gasteiger partial charge in [-0.2, -0.15) is 0 Å². The van der Waals surface area contributed by atoms with Crippen LogP contribution in [-0.2, 0) is 6.54 Å². The minimum atomic E-state index is -0.489. The molecule has 0 aliphatic carbocycles. The lowest BCUT2D eigenvalue weighted by Gasteiger charge is -2.35. The Kier molecular flexibility index (Phi) is 3.82. The molecular weight excluding hydrogens is 228 g/mol. The molecule has 2 rings (SSSR count).